The number of aromatic nitrogens is 1. The maximum atomic E-state index is 13.9. The van der Waals surface area contributed by atoms with Crippen LogP contribution in [0.2, 0.25) is 0 Å². The molecule has 2 aromatic carbocycles. The molecule has 9 heteroatoms. The predicted molar refractivity (Wildman–Crippen MR) is 126 cm³/mol. The molecule has 0 aliphatic carbocycles. The number of ether oxygens (including phenoxy) is 2. The average molecular weight is 477 g/mol. The summed E-state index contributed by atoms with van der Waals surface area (Å²) in [7, 11) is 0. The molecule has 1 atom stereocenters. The molecule has 2 amide bonds. The fourth-order valence-corrected chi connectivity index (χ4v) is 3.67. The van der Waals surface area contributed by atoms with E-state index in [1.165, 1.54) is 29.2 Å². The van der Waals surface area contributed by atoms with E-state index in [0.29, 0.717) is 11.4 Å². The van der Waals surface area contributed by atoms with Gasteiger partial charge in [0, 0.05) is 24.5 Å². The number of aryl methyl sites for hydroxylation is 1. The smallest absolute Gasteiger partial charge is 0.265 e. The van der Waals surface area contributed by atoms with Crippen molar-refractivity contribution in [2.24, 2.45) is 0 Å². The van der Waals surface area contributed by atoms with Gasteiger partial charge in [-0.3, -0.25) is 24.3 Å². The number of fused-ring (bicyclic) bond motifs is 1. The maximum absolute atomic E-state index is 13.9. The second kappa shape index (κ2) is 10.3. The monoisotopic (exact) mass is 477 g/mol. The standard InChI is InChI=1S/C26H24FN3O5/c1-16-5-7-20(27)24(10-16)34-14-22(31)19-6-8-23-21(11-19)30(25(32)15-35-23)17(2)26(33)29-13-18-4-3-9-28-12-18/h3-12,17H,13-15H2,1-2H3,(H,29,33)/t17-/m1/s1. The Hall–Kier alpha value is -4.27. The van der Waals surface area contributed by atoms with Crippen LogP contribution in [0.5, 0.6) is 11.5 Å². The number of hydrogen-bond acceptors (Lipinski definition) is 6. The number of Topliss-reactive ketones (excluding diaryl/α,β-unsaturated/α-hetero) is 1. The van der Waals surface area contributed by atoms with Crippen molar-refractivity contribution in [3.8, 4) is 11.5 Å². The molecule has 8 nitrogen and oxygen atoms in total. The molecule has 180 valence electrons. The number of halogens is 1. The molecule has 1 aliphatic rings. The van der Waals surface area contributed by atoms with Gasteiger partial charge in [-0.15, -0.1) is 0 Å². The lowest BCUT2D eigenvalue weighted by molar-refractivity contribution is -0.127. The van der Waals surface area contributed by atoms with Gasteiger partial charge in [-0.05, 0) is 61.4 Å². The normalized spacial score (nSPS) is 13.5. The van der Waals surface area contributed by atoms with Crippen molar-refractivity contribution in [1.82, 2.24) is 10.3 Å². The number of rotatable bonds is 8. The average Bonchev–Trinajstić information content (AvgIpc) is 2.87. The van der Waals surface area contributed by atoms with Crippen LogP contribution in [0.25, 0.3) is 0 Å². The van der Waals surface area contributed by atoms with Gasteiger partial charge in [0.05, 0.1) is 5.69 Å². The summed E-state index contributed by atoms with van der Waals surface area (Å²) >= 11 is 0. The molecule has 3 aromatic rings. The van der Waals surface area contributed by atoms with E-state index in [4.69, 9.17) is 9.47 Å². The highest BCUT2D eigenvalue weighted by molar-refractivity contribution is 6.05. The zero-order chi connectivity index (χ0) is 24.9. The summed E-state index contributed by atoms with van der Waals surface area (Å²) in [6, 6.07) is 11.7. The Labute approximate surface area is 201 Å². The van der Waals surface area contributed by atoms with Crippen molar-refractivity contribution in [2.75, 3.05) is 18.1 Å². The number of hydrogen-bond donors (Lipinski definition) is 1. The lowest BCUT2D eigenvalue weighted by Gasteiger charge is -2.33. The lowest BCUT2D eigenvalue weighted by Crippen LogP contribution is -2.51. The van der Waals surface area contributed by atoms with Gasteiger partial charge < -0.3 is 14.8 Å². The zero-order valence-electron chi connectivity index (χ0n) is 19.3. The van der Waals surface area contributed by atoms with Crippen LogP contribution >= 0.6 is 0 Å². The van der Waals surface area contributed by atoms with Gasteiger partial charge in [0.2, 0.25) is 5.91 Å². The molecule has 2 heterocycles. The Morgan fingerprint density at radius 1 is 1.23 bits per heavy atom. The largest absolute Gasteiger partial charge is 0.482 e. The third-order valence-electron chi connectivity index (χ3n) is 5.56. The van der Waals surface area contributed by atoms with Crippen molar-refractivity contribution < 1.29 is 28.2 Å². The molecule has 35 heavy (non-hydrogen) atoms. The third-order valence-corrected chi connectivity index (χ3v) is 5.56. The number of amides is 2. The number of anilines is 1. The molecule has 1 aliphatic heterocycles. The third kappa shape index (κ3) is 5.46. The summed E-state index contributed by atoms with van der Waals surface area (Å²) in [6.45, 7) is 3.03. The summed E-state index contributed by atoms with van der Waals surface area (Å²) in [5.74, 6) is -1.41. The first-order valence-electron chi connectivity index (χ1n) is 11.0. The van der Waals surface area contributed by atoms with Crippen LogP contribution in [0.3, 0.4) is 0 Å². The van der Waals surface area contributed by atoms with E-state index < -0.39 is 30.2 Å². The van der Waals surface area contributed by atoms with Crippen LogP contribution in [0.15, 0.2) is 60.9 Å². The SMILES string of the molecule is Cc1ccc(F)c(OCC(=O)c2ccc3c(c2)N([C@H](C)C(=O)NCc2cccnc2)C(=O)CO3)c1. The molecule has 0 bridgehead atoms. The minimum atomic E-state index is -0.857. The van der Waals surface area contributed by atoms with Crippen LogP contribution in [0.1, 0.15) is 28.4 Å². The van der Waals surface area contributed by atoms with Crippen molar-refractivity contribution >= 4 is 23.3 Å². The summed E-state index contributed by atoms with van der Waals surface area (Å²) < 4.78 is 24.8. The highest BCUT2D eigenvalue weighted by Crippen LogP contribution is 2.34. The summed E-state index contributed by atoms with van der Waals surface area (Å²) in [5.41, 5.74) is 2.16. The number of carbonyl (C=O) groups excluding carboxylic acids is 3. The number of nitrogens with one attached hydrogen (secondary N) is 1. The van der Waals surface area contributed by atoms with E-state index in [1.807, 2.05) is 6.07 Å². The van der Waals surface area contributed by atoms with Crippen LogP contribution < -0.4 is 19.7 Å². The fourth-order valence-electron chi connectivity index (χ4n) is 3.67. The van der Waals surface area contributed by atoms with Crippen molar-refractivity contribution in [3.05, 3.63) is 83.4 Å². The van der Waals surface area contributed by atoms with Crippen LogP contribution in [-0.2, 0) is 16.1 Å². The first-order chi connectivity index (χ1) is 16.8. The van der Waals surface area contributed by atoms with Crippen LogP contribution in [0, 0.1) is 12.7 Å². The molecule has 0 radical (unpaired) electrons. The molecule has 1 aromatic heterocycles. The van der Waals surface area contributed by atoms with Gasteiger partial charge in [-0.1, -0.05) is 12.1 Å². The minimum Gasteiger partial charge on any atom is -0.482 e. The first-order valence-corrected chi connectivity index (χ1v) is 11.0. The molecule has 4 rings (SSSR count). The maximum Gasteiger partial charge on any atom is 0.265 e. The predicted octanol–water partition coefficient (Wildman–Crippen LogP) is 3.22. The molecular formula is C26H24FN3O5. The van der Waals surface area contributed by atoms with Crippen LogP contribution in [-0.4, -0.2) is 41.8 Å². The van der Waals surface area contributed by atoms with E-state index in [-0.39, 0.29) is 30.4 Å². The Bertz CT molecular complexity index is 1270. The fraction of sp³-hybridized carbons (Fsp3) is 0.231. The zero-order valence-corrected chi connectivity index (χ0v) is 19.3. The molecule has 0 spiro atoms. The van der Waals surface area contributed by atoms with E-state index >= 15 is 0 Å². The number of carbonyl (C=O) groups is 3. The number of benzene rings is 2. The topological polar surface area (TPSA) is 97.8 Å². The van der Waals surface area contributed by atoms with E-state index in [1.54, 1.807) is 44.4 Å². The van der Waals surface area contributed by atoms with E-state index in [9.17, 15) is 18.8 Å². The number of nitrogens with zero attached hydrogens (tertiary/aromatic N) is 2. The molecule has 0 saturated heterocycles. The number of ketones is 1. The van der Waals surface area contributed by atoms with Gasteiger partial charge in [-0.2, -0.15) is 0 Å². The van der Waals surface area contributed by atoms with Gasteiger partial charge in [-0.25, -0.2) is 4.39 Å². The molecule has 1 N–H and O–H groups in total. The van der Waals surface area contributed by atoms with Crippen LogP contribution in [0.4, 0.5) is 10.1 Å². The second-order valence-electron chi connectivity index (χ2n) is 8.14. The quantitative estimate of drug-likeness (QED) is 0.501. The summed E-state index contributed by atoms with van der Waals surface area (Å²) in [5, 5.41) is 2.80. The summed E-state index contributed by atoms with van der Waals surface area (Å²) in [6.07, 6.45) is 3.28. The van der Waals surface area contributed by atoms with Gasteiger partial charge >= 0.3 is 0 Å². The number of pyridine rings is 1. The van der Waals surface area contributed by atoms with Gasteiger partial charge in [0.1, 0.15) is 11.8 Å². The van der Waals surface area contributed by atoms with Crippen molar-refractivity contribution in [2.45, 2.75) is 26.4 Å². The Kier molecular flexibility index (Phi) is 7.05. The summed E-state index contributed by atoms with van der Waals surface area (Å²) in [4.78, 5) is 43.6. The Balaban J connectivity index is 1.50. The van der Waals surface area contributed by atoms with E-state index in [0.717, 1.165) is 11.1 Å². The van der Waals surface area contributed by atoms with E-state index in [2.05, 4.69) is 10.3 Å². The molecule has 0 unspecified atom stereocenters. The van der Waals surface area contributed by atoms with Crippen molar-refractivity contribution in [3.63, 3.8) is 0 Å². The van der Waals surface area contributed by atoms with Gasteiger partial charge in [0.15, 0.2) is 30.6 Å². The van der Waals surface area contributed by atoms with Gasteiger partial charge in [0.25, 0.3) is 5.91 Å². The van der Waals surface area contributed by atoms with Crippen molar-refractivity contribution in [1.29, 1.82) is 0 Å². The molecule has 0 fully saturated rings. The first kappa shape index (κ1) is 23.9. The minimum absolute atomic E-state index is 0.0182. The molecular weight excluding hydrogens is 453 g/mol. The highest BCUT2D eigenvalue weighted by atomic mass is 19.1. The highest BCUT2D eigenvalue weighted by Gasteiger charge is 2.33. The Morgan fingerprint density at radius 3 is 2.83 bits per heavy atom. The second-order valence-corrected chi connectivity index (χ2v) is 8.14. The Morgan fingerprint density at radius 2 is 2.06 bits per heavy atom. The molecule has 0 saturated carbocycles. The lowest BCUT2D eigenvalue weighted by atomic mass is 10.1.